The fourth-order valence-electron chi connectivity index (χ4n) is 2.12. The third-order valence-corrected chi connectivity index (χ3v) is 6.06. The largest absolute Gasteiger partial charge is 0.272 e. The number of rotatable bonds is 8. The lowest BCUT2D eigenvalue weighted by Gasteiger charge is -2.10. The van der Waals surface area contributed by atoms with Crippen molar-refractivity contribution >= 4 is 33.6 Å². The van der Waals surface area contributed by atoms with Crippen molar-refractivity contribution in [3.05, 3.63) is 72.1 Å². The van der Waals surface area contributed by atoms with Gasteiger partial charge in [0.15, 0.2) is 0 Å². The van der Waals surface area contributed by atoms with E-state index in [9.17, 15) is 22.4 Å². The number of hydrogen-bond acceptors (Lipinski definition) is 5. The zero-order chi connectivity index (χ0) is 21.4. The van der Waals surface area contributed by atoms with Crippen LogP contribution >= 0.6 is 11.8 Å². The quantitative estimate of drug-likeness (QED) is 0.334. The van der Waals surface area contributed by atoms with Crippen molar-refractivity contribution in [3.63, 3.8) is 0 Å². The first-order chi connectivity index (χ1) is 13.7. The highest BCUT2D eigenvalue weighted by Gasteiger charge is 2.20. The van der Waals surface area contributed by atoms with E-state index in [1.165, 1.54) is 17.8 Å². The third kappa shape index (κ3) is 6.70. The Morgan fingerprint density at radius 3 is 2.48 bits per heavy atom. The van der Waals surface area contributed by atoms with Crippen LogP contribution in [0.3, 0.4) is 0 Å². The van der Waals surface area contributed by atoms with E-state index < -0.39 is 32.6 Å². The summed E-state index contributed by atoms with van der Waals surface area (Å²) in [5.74, 6) is -2.17. The summed E-state index contributed by atoms with van der Waals surface area (Å²) >= 11 is 1.29. The van der Waals surface area contributed by atoms with Gasteiger partial charge in [-0.15, -0.1) is 18.3 Å². The minimum atomic E-state index is -4.15. The van der Waals surface area contributed by atoms with E-state index in [2.05, 4.69) is 22.2 Å². The molecule has 0 aliphatic heterocycles. The summed E-state index contributed by atoms with van der Waals surface area (Å²) in [6.45, 7) is 5.24. The van der Waals surface area contributed by atoms with E-state index in [4.69, 9.17) is 0 Å². The van der Waals surface area contributed by atoms with Crippen LogP contribution in [-0.4, -0.2) is 32.5 Å². The molecule has 0 bridgehead atoms. The number of carbonyl (C=O) groups is 2. The first-order valence-electron chi connectivity index (χ1n) is 8.41. The second-order valence-corrected chi connectivity index (χ2v) is 8.67. The van der Waals surface area contributed by atoms with Crippen LogP contribution in [-0.2, 0) is 14.8 Å². The zero-order valence-corrected chi connectivity index (χ0v) is 17.2. The number of thioether (sulfide) groups is 1. The summed E-state index contributed by atoms with van der Waals surface area (Å²) in [5.41, 5.74) is 5.39. The molecular formula is C19H20FN3O4S2. The molecule has 10 heteroatoms. The number of benzene rings is 2. The van der Waals surface area contributed by atoms with Crippen molar-refractivity contribution in [1.82, 2.24) is 15.6 Å². The third-order valence-electron chi connectivity index (χ3n) is 3.61. The number of hydrazine groups is 1. The number of halogens is 1. The first-order valence-corrected chi connectivity index (χ1v) is 10.9. The van der Waals surface area contributed by atoms with Gasteiger partial charge in [0.1, 0.15) is 10.7 Å². The van der Waals surface area contributed by atoms with Crippen molar-refractivity contribution in [1.29, 1.82) is 0 Å². The zero-order valence-electron chi connectivity index (χ0n) is 15.6. The molecular weight excluding hydrogens is 417 g/mol. The van der Waals surface area contributed by atoms with Gasteiger partial charge in [-0.25, -0.2) is 17.5 Å². The Bertz CT molecular complexity index is 1010. The second kappa shape index (κ2) is 10.2. The van der Waals surface area contributed by atoms with Gasteiger partial charge in [0.25, 0.3) is 5.91 Å². The molecule has 2 aromatic carbocycles. The van der Waals surface area contributed by atoms with E-state index >= 15 is 0 Å². The number of amides is 2. The van der Waals surface area contributed by atoms with Gasteiger partial charge in [-0.2, -0.15) is 0 Å². The smallest absolute Gasteiger partial charge is 0.269 e. The van der Waals surface area contributed by atoms with Gasteiger partial charge < -0.3 is 0 Å². The second-order valence-electron chi connectivity index (χ2n) is 5.89. The van der Waals surface area contributed by atoms with Gasteiger partial charge in [-0.3, -0.25) is 20.4 Å². The molecule has 3 N–H and O–H groups in total. The molecule has 0 aliphatic carbocycles. The predicted molar refractivity (Wildman–Crippen MR) is 109 cm³/mol. The van der Waals surface area contributed by atoms with E-state index in [0.29, 0.717) is 0 Å². The van der Waals surface area contributed by atoms with Crippen molar-refractivity contribution < 1.29 is 22.4 Å². The summed E-state index contributed by atoms with van der Waals surface area (Å²) in [7, 11) is -4.15. The van der Waals surface area contributed by atoms with Gasteiger partial charge in [-0.05, 0) is 37.3 Å². The van der Waals surface area contributed by atoms with Crippen LogP contribution in [0.2, 0.25) is 0 Å². The minimum Gasteiger partial charge on any atom is -0.272 e. The number of carbonyl (C=O) groups excluding carboxylic acids is 2. The highest BCUT2D eigenvalue weighted by atomic mass is 32.2. The van der Waals surface area contributed by atoms with Gasteiger partial charge >= 0.3 is 0 Å². The highest BCUT2D eigenvalue weighted by molar-refractivity contribution is 8.00. The molecule has 29 heavy (non-hydrogen) atoms. The van der Waals surface area contributed by atoms with Crippen LogP contribution in [0.1, 0.15) is 15.9 Å². The average molecular weight is 438 g/mol. The van der Waals surface area contributed by atoms with E-state index in [0.717, 1.165) is 28.7 Å². The Balaban J connectivity index is 1.96. The molecule has 2 aromatic rings. The number of nitrogens with one attached hydrogen (secondary N) is 3. The summed E-state index contributed by atoms with van der Waals surface area (Å²) in [5, 5.41) is 0. The molecule has 2 amide bonds. The Morgan fingerprint density at radius 2 is 1.83 bits per heavy atom. The SMILES string of the molecule is C=CCNS(=O)(=O)c1cc(C(=O)NNC(=O)CSc2ccc(C)cc2)ccc1F. The summed E-state index contributed by atoms with van der Waals surface area (Å²) in [6.07, 6.45) is 1.30. The van der Waals surface area contributed by atoms with Crippen LogP contribution in [0, 0.1) is 12.7 Å². The molecule has 0 saturated heterocycles. The lowest BCUT2D eigenvalue weighted by molar-refractivity contribution is -0.119. The molecule has 7 nitrogen and oxygen atoms in total. The van der Waals surface area contributed by atoms with E-state index in [1.54, 1.807) is 0 Å². The Hall–Kier alpha value is -2.69. The molecule has 0 heterocycles. The molecule has 0 saturated carbocycles. The van der Waals surface area contributed by atoms with Crippen molar-refractivity contribution in [2.24, 2.45) is 0 Å². The van der Waals surface area contributed by atoms with Crippen LogP contribution in [0.5, 0.6) is 0 Å². The van der Waals surface area contributed by atoms with Gasteiger partial charge in [0.05, 0.1) is 5.75 Å². The summed E-state index contributed by atoms with van der Waals surface area (Å²) in [4.78, 5) is 24.3. The van der Waals surface area contributed by atoms with Gasteiger partial charge in [-0.1, -0.05) is 23.8 Å². The molecule has 0 spiro atoms. The predicted octanol–water partition coefficient (Wildman–Crippen LogP) is 2.15. The monoisotopic (exact) mass is 437 g/mol. The Labute approximate surface area is 172 Å². The maximum Gasteiger partial charge on any atom is 0.269 e. The molecule has 154 valence electrons. The van der Waals surface area contributed by atoms with Crippen LogP contribution in [0.15, 0.2) is 64.9 Å². The van der Waals surface area contributed by atoms with Crippen molar-refractivity contribution in [3.8, 4) is 0 Å². The lowest BCUT2D eigenvalue weighted by atomic mass is 10.2. The van der Waals surface area contributed by atoms with Crippen LogP contribution < -0.4 is 15.6 Å². The molecule has 0 aromatic heterocycles. The first kappa shape index (κ1) is 22.6. The number of aryl methyl sites for hydroxylation is 1. The molecule has 2 rings (SSSR count). The Morgan fingerprint density at radius 1 is 1.14 bits per heavy atom. The topological polar surface area (TPSA) is 104 Å². The highest BCUT2D eigenvalue weighted by Crippen LogP contribution is 2.18. The standard InChI is InChI=1S/C19H20FN3O4S2/c1-3-10-21-29(26,27)17-11-14(6-9-16(17)20)19(25)23-22-18(24)12-28-15-7-4-13(2)5-8-15/h3-9,11,21H,1,10,12H2,2H3,(H,22,24)(H,23,25). The fourth-order valence-corrected chi connectivity index (χ4v) is 3.91. The molecule has 0 atom stereocenters. The summed E-state index contributed by atoms with van der Waals surface area (Å²) < 4.78 is 40.2. The van der Waals surface area contributed by atoms with Crippen LogP contribution in [0.4, 0.5) is 4.39 Å². The van der Waals surface area contributed by atoms with E-state index in [-0.39, 0.29) is 17.9 Å². The maximum atomic E-state index is 13.9. The molecule has 0 aliphatic rings. The Kier molecular flexibility index (Phi) is 7.94. The van der Waals surface area contributed by atoms with E-state index in [1.807, 2.05) is 31.2 Å². The van der Waals surface area contributed by atoms with Gasteiger partial charge in [0, 0.05) is 17.0 Å². The fraction of sp³-hybridized carbons (Fsp3) is 0.158. The minimum absolute atomic E-state index is 0.0673. The molecule has 0 fully saturated rings. The lowest BCUT2D eigenvalue weighted by Crippen LogP contribution is -2.42. The maximum absolute atomic E-state index is 13.9. The summed E-state index contributed by atoms with van der Waals surface area (Å²) in [6, 6.07) is 10.5. The van der Waals surface area contributed by atoms with Crippen LogP contribution in [0.25, 0.3) is 0 Å². The van der Waals surface area contributed by atoms with Crippen molar-refractivity contribution in [2.45, 2.75) is 16.7 Å². The molecule has 0 unspecified atom stereocenters. The number of sulfonamides is 1. The molecule has 0 radical (unpaired) electrons. The van der Waals surface area contributed by atoms with Gasteiger partial charge in [0.2, 0.25) is 15.9 Å². The van der Waals surface area contributed by atoms with Crippen molar-refractivity contribution in [2.75, 3.05) is 12.3 Å². The number of hydrogen-bond donors (Lipinski definition) is 3. The normalized spacial score (nSPS) is 11.0. The average Bonchev–Trinajstić information content (AvgIpc) is 2.70.